The first-order valence-corrected chi connectivity index (χ1v) is 13.2. The maximum Gasteiger partial charge on any atom is 0.411 e. The predicted molar refractivity (Wildman–Crippen MR) is 135 cm³/mol. The van der Waals surface area contributed by atoms with E-state index in [-0.39, 0.29) is 35.9 Å². The molecule has 4 aromatic rings. The number of carbonyl (C=O) groups excluding carboxylic acids is 2. The number of nitrogens with one attached hydrogen (secondary N) is 1. The van der Waals surface area contributed by atoms with Gasteiger partial charge in [-0.05, 0) is 30.0 Å². The van der Waals surface area contributed by atoms with Crippen molar-refractivity contribution in [3.8, 4) is 0 Å². The number of rotatable bonds is 4. The molecule has 2 amide bonds. The SMILES string of the molecule is O=C(CSc1nnc2c(n1)[nH]c1ccccc12)N1CCC(N2C(=O)OC3Cc4ccccc4C32)CC1. The lowest BCUT2D eigenvalue weighted by Gasteiger charge is -2.37. The quantitative estimate of drug-likeness (QED) is 0.426. The summed E-state index contributed by atoms with van der Waals surface area (Å²) in [5.41, 5.74) is 4.83. The molecular weight excluding hydrogens is 476 g/mol. The van der Waals surface area contributed by atoms with Gasteiger partial charge in [-0.15, -0.1) is 10.2 Å². The number of piperidine rings is 1. The normalized spacial score (nSPS) is 21.7. The Hall–Kier alpha value is -3.66. The molecule has 9 nitrogen and oxygen atoms in total. The van der Waals surface area contributed by atoms with Crippen molar-refractivity contribution >= 4 is 45.8 Å². The van der Waals surface area contributed by atoms with Gasteiger partial charge in [-0.1, -0.05) is 54.2 Å². The Morgan fingerprint density at radius 2 is 1.89 bits per heavy atom. The minimum atomic E-state index is -0.225. The highest BCUT2D eigenvalue weighted by Gasteiger charge is 2.50. The van der Waals surface area contributed by atoms with Crippen LogP contribution in [-0.2, 0) is 16.0 Å². The fourth-order valence-corrected chi connectivity index (χ4v) is 6.52. The molecule has 4 heterocycles. The molecule has 36 heavy (non-hydrogen) atoms. The van der Waals surface area contributed by atoms with Crippen LogP contribution in [-0.4, -0.2) is 73.0 Å². The molecule has 1 aliphatic carbocycles. The van der Waals surface area contributed by atoms with Crippen molar-refractivity contribution in [2.75, 3.05) is 18.8 Å². The summed E-state index contributed by atoms with van der Waals surface area (Å²) in [4.78, 5) is 37.3. The zero-order valence-corrected chi connectivity index (χ0v) is 20.3. The van der Waals surface area contributed by atoms with E-state index < -0.39 is 0 Å². The lowest BCUT2D eigenvalue weighted by molar-refractivity contribution is -0.129. The van der Waals surface area contributed by atoms with Gasteiger partial charge >= 0.3 is 6.09 Å². The van der Waals surface area contributed by atoms with E-state index >= 15 is 0 Å². The number of amides is 2. The van der Waals surface area contributed by atoms with Gasteiger partial charge < -0.3 is 14.6 Å². The second kappa shape index (κ2) is 8.48. The number of ether oxygens (including phenoxy) is 1. The lowest BCUT2D eigenvalue weighted by Crippen LogP contribution is -2.48. The highest BCUT2D eigenvalue weighted by atomic mass is 32.2. The molecule has 2 aromatic carbocycles. The number of benzene rings is 2. The van der Waals surface area contributed by atoms with Crippen LogP contribution in [0.1, 0.15) is 30.0 Å². The van der Waals surface area contributed by atoms with E-state index in [2.05, 4.69) is 32.3 Å². The van der Waals surface area contributed by atoms with Crippen LogP contribution in [0, 0.1) is 0 Å². The minimum absolute atomic E-state index is 0.0132. The van der Waals surface area contributed by atoms with Gasteiger partial charge in [0, 0.05) is 36.5 Å². The molecule has 2 unspecified atom stereocenters. The Labute approximate surface area is 211 Å². The molecule has 2 atom stereocenters. The number of nitrogens with zero attached hydrogens (tertiary/aromatic N) is 5. The number of aromatic nitrogens is 4. The van der Waals surface area contributed by atoms with Crippen molar-refractivity contribution in [3.63, 3.8) is 0 Å². The van der Waals surface area contributed by atoms with E-state index in [0.29, 0.717) is 23.9 Å². The fraction of sp³-hybridized carbons (Fsp3) is 0.346. The number of thioether (sulfide) groups is 1. The number of fused-ring (bicyclic) bond motifs is 6. The van der Waals surface area contributed by atoms with Gasteiger partial charge in [0.1, 0.15) is 11.6 Å². The first-order chi connectivity index (χ1) is 17.7. The molecular formula is C26H24N6O3S. The fourth-order valence-electron chi connectivity index (χ4n) is 5.83. The molecule has 2 aliphatic heterocycles. The summed E-state index contributed by atoms with van der Waals surface area (Å²) >= 11 is 1.30. The second-order valence-electron chi connectivity index (χ2n) is 9.54. The number of carbonyl (C=O) groups is 2. The summed E-state index contributed by atoms with van der Waals surface area (Å²) in [7, 11) is 0. The summed E-state index contributed by atoms with van der Waals surface area (Å²) in [5, 5.41) is 10.0. The number of H-pyrrole nitrogens is 1. The smallest absolute Gasteiger partial charge is 0.411 e. The van der Waals surface area contributed by atoms with Crippen LogP contribution in [0.3, 0.4) is 0 Å². The summed E-state index contributed by atoms with van der Waals surface area (Å²) in [6, 6.07) is 16.2. The van der Waals surface area contributed by atoms with Crippen molar-refractivity contribution in [1.29, 1.82) is 0 Å². The van der Waals surface area contributed by atoms with Gasteiger partial charge in [0.15, 0.2) is 5.65 Å². The molecule has 2 saturated heterocycles. The van der Waals surface area contributed by atoms with Crippen LogP contribution in [0.2, 0.25) is 0 Å². The van der Waals surface area contributed by atoms with Crippen molar-refractivity contribution in [1.82, 2.24) is 30.0 Å². The third kappa shape index (κ3) is 3.50. The molecule has 10 heteroatoms. The van der Waals surface area contributed by atoms with Gasteiger partial charge in [-0.3, -0.25) is 9.69 Å². The predicted octanol–water partition coefficient (Wildman–Crippen LogP) is 3.71. The first-order valence-electron chi connectivity index (χ1n) is 12.2. The molecule has 1 N–H and O–H groups in total. The Kier molecular flexibility index (Phi) is 5.09. The van der Waals surface area contributed by atoms with Gasteiger partial charge in [0.05, 0.1) is 11.8 Å². The lowest BCUT2D eigenvalue weighted by atomic mass is 9.99. The second-order valence-corrected chi connectivity index (χ2v) is 10.5. The van der Waals surface area contributed by atoms with Gasteiger partial charge in [-0.25, -0.2) is 9.78 Å². The minimum Gasteiger partial charge on any atom is -0.443 e. The van der Waals surface area contributed by atoms with Gasteiger partial charge in [-0.2, -0.15) is 0 Å². The standard InChI is InChI=1S/C26H24N6O3S/c33-21(14-36-25-28-24-22(29-30-25)18-7-3-4-8-19(18)27-24)31-11-9-16(10-12-31)32-23-17-6-2-1-5-15(17)13-20(23)35-26(32)34/h1-8,16,20,23H,9-14H2,(H,27,28,30). The van der Waals surface area contributed by atoms with E-state index in [1.165, 1.54) is 22.9 Å². The molecule has 0 saturated carbocycles. The van der Waals surface area contributed by atoms with Gasteiger partial charge in [0.2, 0.25) is 11.1 Å². The maximum absolute atomic E-state index is 12.9. The molecule has 3 aliphatic rings. The largest absolute Gasteiger partial charge is 0.443 e. The van der Waals surface area contributed by atoms with Crippen molar-refractivity contribution in [2.45, 2.75) is 42.6 Å². The molecule has 0 radical (unpaired) electrons. The highest BCUT2D eigenvalue weighted by Crippen LogP contribution is 2.44. The summed E-state index contributed by atoms with van der Waals surface area (Å²) in [5.74, 6) is 0.300. The Morgan fingerprint density at radius 3 is 2.78 bits per heavy atom. The Bertz CT molecular complexity index is 1500. The zero-order chi connectivity index (χ0) is 24.2. The number of hydrogen-bond acceptors (Lipinski definition) is 7. The number of para-hydroxylation sites is 1. The average molecular weight is 501 g/mol. The van der Waals surface area contributed by atoms with Crippen LogP contribution in [0.15, 0.2) is 53.7 Å². The molecule has 0 spiro atoms. The van der Waals surface area contributed by atoms with Crippen LogP contribution in [0.25, 0.3) is 22.1 Å². The highest BCUT2D eigenvalue weighted by molar-refractivity contribution is 7.99. The van der Waals surface area contributed by atoms with Crippen LogP contribution >= 0.6 is 11.8 Å². The molecule has 2 fully saturated rings. The molecule has 182 valence electrons. The van der Waals surface area contributed by atoms with Crippen molar-refractivity contribution < 1.29 is 14.3 Å². The average Bonchev–Trinajstić information content (AvgIpc) is 3.55. The van der Waals surface area contributed by atoms with Crippen LogP contribution < -0.4 is 0 Å². The molecule has 2 aromatic heterocycles. The number of likely N-dealkylation sites (tertiary alicyclic amines) is 1. The summed E-state index contributed by atoms with van der Waals surface area (Å²) < 4.78 is 5.73. The van der Waals surface area contributed by atoms with E-state index in [1.807, 2.05) is 46.2 Å². The van der Waals surface area contributed by atoms with Crippen molar-refractivity contribution in [2.24, 2.45) is 0 Å². The molecule has 0 bridgehead atoms. The summed E-state index contributed by atoms with van der Waals surface area (Å²) in [6.07, 6.45) is 1.94. The number of hydrogen-bond donors (Lipinski definition) is 1. The number of aromatic amines is 1. The van der Waals surface area contributed by atoms with E-state index in [1.54, 1.807) is 0 Å². The zero-order valence-electron chi connectivity index (χ0n) is 19.5. The monoisotopic (exact) mass is 500 g/mol. The third-order valence-electron chi connectivity index (χ3n) is 7.55. The summed E-state index contributed by atoms with van der Waals surface area (Å²) in [6.45, 7) is 1.24. The van der Waals surface area contributed by atoms with Crippen LogP contribution in [0.5, 0.6) is 0 Å². The van der Waals surface area contributed by atoms with E-state index in [4.69, 9.17) is 4.74 Å². The van der Waals surface area contributed by atoms with Crippen LogP contribution in [0.4, 0.5) is 4.79 Å². The molecule has 7 rings (SSSR count). The Balaban J connectivity index is 0.984. The van der Waals surface area contributed by atoms with E-state index in [9.17, 15) is 9.59 Å². The van der Waals surface area contributed by atoms with E-state index in [0.717, 1.165) is 35.7 Å². The topological polar surface area (TPSA) is 104 Å². The first kappa shape index (κ1) is 21.6. The third-order valence-corrected chi connectivity index (χ3v) is 8.37. The Morgan fingerprint density at radius 1 is 1.08 bits per heavy atom. The van der Waals surface area contributed by atoms with Gasteiger partial charge in [0.25, 0.3) is 0 Å². The van der Waals surface area contributed by atoms with Crippen molar-refractivity contribution in [3.05, 3.63) is 59.7 Å². The maximum atomic E-state index is 12.9.